The van der Waals surface area contributed by atoms with Gasteiger partial charge >= 0.3 is 6.09 Å². The summed E-state index contributed by atoms with van der Waals surface area (Å²) in [5.41, 5.74) is 8.98. The zero-order valence-corrected chi connectivity index (χ0v) is 14.4. The Bertz CT molecular complexity index is 760. The van der Waals surface area contributed by atoms with E-state index in [1.807, 2.05) is 37.3 Å². The molecule has 1 aliphatic heterocycles. The van der Waals surface area contributed by atoms with Crippen LogP contribution in [-0.2, 0) is 16.8 Å². The largest absolute Gasteiger partial charge is 0.445 e. The summed E-state index contributed by atoms with van der Waals surface area (Å²) in [4.78, 5) is 14.2. The molecule has 6 heteroatoms. The summed E-state index contributed by atoms with van der Waals surface area (Å²) in [5, 5.41) is 4.20. The zero-order valence-electron chi connectivity index (χ0n) is 14.4. The average Bonchev–Trinajstić information content (AvgIpc) is 3.10. The highest BCUT2D eigenvalue weighted by molar-refractivity contribution is 5.68. The van der Waals surface area contributed by atoms with Gasteiger partial charge in [-0.25, -0.2) is 4.79 Å². The third kappa shape index (κ3) is 2.61. The molecule has 132 valence electrons. The van der Waals surface area contributed by atoms with Crippen LogP contribution < -0.4 is 5.73 Å². The van der Waals surface area contributed by atoms with E-state index in [1.165, 1.54) is 0 Å². The van der Waals surface area contributed by atoms with Crippen molar-refractivity contribution >= 4 is 6.09 Å². The Balaban J connectivity index is 1.41. The number of rotatable bonds is 4. The van der Waals surface area contributed by atoms with Crippen molar-refractivity contribution in [2.45, 2.75) is 25.4 Å². The van der Waals surface area contributed by atoms with Crippen LogP contribution in [0.3, 0.4) is 0 Å². The molecule has 0 radical (unpaired) electrons. The number of piperidine rings is 1. The molecule has 1 amide bonds. The quantitative estimate of drug-likeness (QED) is 0.924. The lowest BCUT2D eigenvalue weighted by Crippen LogP contribution is -2.37. The summed E-state index contributed by atoms with van der Waals surface area (Å²) in [6.45, 7) is 4.20. The number of nitrogens with zero attached hydrogens (tertiary/aromatic N) is 2. The van der Waals surface area contributed by atoms with E-state index in [1.54, 1.807) is 11.2 Å². The maximum atomic E-state index is 12.4. The zero-order chi connectivity index (χ0) is 17.4. The second-order valence-electron chi connectivity index (χ2n) is 7.08. The molecule has 2 aliphatic rings. The van der Waals surface area contributed by atoms with Crippen LogP contribution in [0.4, 0.5) is 4.79 Å². The predicted molar refractivity (Wildman–Crippen MR) is 91.8 cm³/mol. The monoisotopic (exact) mass is 341 g/mol. The molecule has 2 fully saturated rings. The number of carbonyl (C=O) groups excluding carboxylic acids is 1. The third-order valence-electron chi connectivity index (χ3n) is 5.82. The van der Waals surface area contributed by atoms with E-state index < -0.39 is 0 Å². The van der Waals surface area contributed by atoms with Crippen LogP contribution in [0.2, 0.25) is 0 Å². The molecule has 1 saturated carbocycles. The molecule has 0 bridgehead atoms. The van der Waals surface area contributed by atoms with E-state index in [-0.39, 0.29) is 11.5 Å². The minimum atomic E-state index is -0.253. The van der Waals surface area contributed by atoms with Gasteiger partial charge < -0.3 is 19.9 Å². The molecule has 1 aromatic carbocycles. The van der Waals surface area contributed by atoms with Crippen LogP contribution in [0.25, 0.3) is 0 Å². The predicted octanol–water partition coefficient (Wildman–Crippen LogP) is 2.47. The Morgan fingerprint density at radius 2 is 2.20 bits per heavy atom. The molecule has 1 aliphatic carbocycles. The van der Waals surface area contributed by atoms with Gasteiger partial charge in [-0.05, 0) is 30.7 Å². The van der Waals surface area contributed by atoms with E-state index in [9.17, 15) is 4.79 Å². The van der Waals surface area contributed by atoms with Crippen molar-refractivity contribution < 1.29 is 14.1 Å². The van der Waals surface area contributed by atoms with Gasteiger partial charge in [0.05, 0.1) is 5.69 Å². The first kappa shape index (κ1) is 16.1. The summed E-state index contributed by atoms with van der Waals surface area (Å²) in [5.74, 6) is 0.804. The SMILES string of the molecule is Cc1conc1C1(CN)C2CCN(C(=O)OCc3ccccc3)CC21. The van der Waals surface area contributed by atoms with Gasteiger partial charge in [-0.15, -0.1) is 0 Å². The normalized spacial score (nSPS) is 27.7. The molecule has 2 N–H and O–H groups in total. The maximum absolute atomic E-state index is 12.4. The molecule has 2 heterocycles. The number of ether oxygens (including phenoxy) is 1. The van der Waals surface area contributed by atoms with Crippen molar-refractivity contribution in [3.8, 4) is 0 Å². The molecular formula is C19H23N3O3. The van der Waals surface area contributed by atoms with Crippen LogP contribution in [0, 0.1) is 18.8 Å². The number of benzene rings is 1. The first-order valence-electron chi connectivity index (χ1n) is 8.74. The minimum Gasteiger partial charge on any atom is -0.445 e. The summed E-state index contributed by atoms with van der Waals surface area (Å²) in [6, 6.07) is 9.73. The molecule has 25 heavy (non-hydrogen) atoms. The average molecular weight is 341 g/mol. The molecule has 1 aromatic heterocycles. The topological polar surface area (TPSA) is 81.6 Å². The van der Waals surface area contributed by atoms with Gasteiger partial charge in [0.2, 0.25) is 0 Å². The van der Waals surface area contributed by atoms with E-state index in [4.69, 9.17) is 15.0 Å². The van der Waals surface area contributed by atoms with Gasteiger partial charge in [0.15, 0.2) is 0 Å². The Hall–Kier alpha value is -2.34. The van der Waals surface area contributed by atoms with Gasteiger partial charge in [-0.3, -0.25) is 0 Å². The highest BCUT2D eigenvalue weighted by Crippen LogP contribution is 2.63. The fourth-order valence-electron chi connectivity index (χ4n) is 4.44. The third-order valence-corrected chi connectivity index (χ3v) is 5.82. The van der Waals surface area contributed by atoms with Gasteiger partial charge in [0, 0.05) is 30.6 Å². The van der Waals surface area contributed by atoms with Crippen molar-refractivity contribution in [3.63, 3.8) is 0 Å². The van der Waals surface area contributed by atoms with E-state index in [2.05, 4.69) is 5.16 Å². The summed E-state index contributed by atoms with van der Waals surface area (Å²) in [7, 11) is 0. The molecule has 4 rings (SSSR count). The Morgan fingerprint density at radius 3 is 2.88 bits per heavy atom. The van der Waals surface area contributed by atoms with Crippen LogP contribution in [-0.4, -0.2) is 35.8 Å². The van der Waals surface area contributed by atoms with E-state index in [0.29, 0.717) is 38.1 Å². The Kier molecular flexibility index (Phi) is 4.00. The van der Waals surface area contributed by atoms with Gasteiger partial charge in [0.25, 0.3) is 0 Å². The van der Waals surface area contributed by atoms with Crippen molar-refractivity contribution in [2.75, 3.05) is 19.6 Å². The Morgan fingerprint density at radius 1 is 1.40 bits per heavy atom. The van der Waals surface area contributed by atoms with Crippen LogP contribution in [0.5, 0.6) is 0 Å². The maximum Gasteiger partial charge on any atom is 0.410 e. The molecule has 1 saturated heterocycles. The standard InChI is InChI=1S/C19H23N3O3/c1-13-10-25-21-17(13)19(12-20)15-7-8-22(9-16(15)19)18(23)24-11-14-5-3-2-4-6-14/h2-6,10,15-16H,7-9,11-12,20H2,1H3. The molecule has 2 aromatic rings. The first-order chi connectivity index (χ1) is 12.2. The Labute approximate surface area is 146 Å². The highest BCUT2D eigenvalue weighted by atomic mass is 16.6. The van der Waals surface area contributed by atoms with Crippen LogP contribution in [0.15, 0.2) is 41.1 Å². The number of amides is 1. The molecule has 3 unspecified atom stereocenters. The van der Waals surface area contributed by atoms with Gasteiger partial charge in [-0.2, -0.15) is 0 Å². The van der Waals surface area contributed by atoms with Crippen molar-refractivity contribution in [1.82, 2.24) is 10.1 Å². The number of aromatic nitrogens is 1. The number of likely N-dealkylation sites (tertiary alicyclic amines) is 1. The fraction of sp³-hybridized carbons (Fsp3) is 0.474. The first-order valence-corrected chi connectivity index (χ1v) is 8.74. The van der Waals surface area contributed by atoms with Crippen LogP contribution >= 0.6 is 0 Å². The van der Waals surface area contributed by atoms with Crippen molar-refractivity contribution in [3.05, 3.63) is 53.4 Å². The number of nitrogens with two attached hydrogens (primary N) is 1. The summed E-state index contributed by atoms with van der Waals surface area (Å²) in [6.07, 6.45) is 2.34. The number of hydrogen-bond acceptors (Lipinski definition) is 5. The number of hydrogen-bond donors (Lipinski definition) is 1. The van der Waals surface area contributed by atoms with Crippen LogP contribution in [0.1, 0.15) is 23.2 Å². The number of fused-ring (bicyclic) bond motifs is 1. The second kappa shape index (κ2) is 6.19. The lowest BCUT2D eigenvalue weighted by atomic mass is 9.94. The van der Waals surface area contributed by atoms with Crippen molar-refractivity contribution in [1.29, 1.82) is 0 Å². The minimum absolute atomic E-state index is 0.147. The smallest absolute Gasteiger partial charge is 0.410 e. The fourth-order valence-corrected chi connectivity index (χ4v) is 4.44. The highest BCUT2D eigenvalue weighted by Gasteiger charge is 2.67. The number of aryl methyl sites for hydroxylation is 1. The van der Waals surface area contributed by atoms with Crippen molar-refractivity contribution in [2.24, 2.45) is 17.6 Å². The lowest BCUT2D eigenvalue weighted by molar-refractivity contribution is 0.0876. The molecule has 3 atom stereocenters. The number of carbonyl (C=O) groups is 1. The summed E-state index contributed by atoms with van der Waals surface area (Å²) < 4.78 is 10.6. The van der Waals surface area contributed by atoms with Gasteiger partial charge in [0.1, 0.15) is 12.9 Å². The molecular weight excluding hydrogens is 318 g/mol. The lowest BCUT2D eigenvalue weighted by Gasteiger charge is -2.25. The molecule has 6 nitrogen and oxygen atoms in total. The van der Waals surface area contributed by atoms with E-state index in [0.717, 1.165) is 23.2 Å². The summed E-state index contributed by atoms with van der Waals surface area (Å²) >= 11 is 0. The van der Waals surface area contributed by atoms with Gasteiger partial charge in [-0.1, -0.05) is 35.5 Å². The molecule has 0 spiro atoms. The second-order valence-corrected chi connectivity index (χ2v) is 7.08. The van der Waals surface area contributed by atoms with E-state index >= 15 is 0 Å².